The summed E-state index contributed by atoms with van der Waals surface area (Å²) in [4.78, 5) is 34.7. The number of rotatable bonds is 3. The molecule has 6 heteroatoms. The van der Waals surface area contributed by atoms with Crippen molar-refractivity contribution in [1.82, 2.24) is 9.78 Å². The van der Waals surface area contributed by atoms with Gasteiger partial charge in [0.25, 0.3) is 5.56 Å². The molecule has 96 valence electrons. The van der Waals surface area contributed by atoms with E-state index in [-0.39, 0.29) is 23.5 Å². The van der Waals surface area contributed by atoms with Crippen molar-refractivity contribution in [1.29, 1.82) is 0 Å². The Labute approximate surface area is 104 Å². The Kier molecular flexibility index (Phi) is 3.55. The number of ketones is 2. The molecule has 1 saturated carbocycles. The van der Waals surface area contributed by atoms with Gasteiger partial charge in [0.2, 0.25) is 0 Å². The second kappa shape index (κ2) is 5.12. The van der Waals surface area contributed by atoms with Gasteiger partial charge in [-0.1, -0.05) is 0 Å². The first-order valence-electron chi connectivity index (χ1n) is 5.88. The Morgan fingerprint density at radius 1 is 1.44 bits per heavy atom. The van der Waals surface area contributed by atoms with Gasteiger partial charge in [-0.15, -0.1) is 0 Å². The monoisotopic (exact) mass is 250 g/mol. The lowest BCUT2D eigenvalue weighted by molar-refractivity contribution is -0.132. The van der Waals surface area contributed by atoms with Crippen LogP contribution in [0, 0.1) is 0 Å². The number of Topliss-reactive ketones (excluding diaryl/α,β-unsaturated/α-hetero) is 2. The van der Waals surface area contributed by atoms with Crippen LogP contribution in [0.3, 0.4) is 0 Å². The lowest BCUT2D eigenvalue weighted by Crippen LogP contribution is -2.35. The molecule has 0 radical (unpaired) electrons. The van der Waals surface area contributed by atoms with Gasteiger partial charge in [0.15, 0.2) is 5.78 Å². The summed E-state index contributed by atoms with van der Waals surface area (Å²) in [7, 11) is 0. The maximum atomic E-state index is 11.8. The van der Waals surface area contributed by atoms with Gasteiger partial charge < -0.3 is 4.74 Å². The fraction of sp³-hybridized carbons (Fsp3) is 0.500. The van der Waals surface area contributed by atoms with E-state index in [1.165, 1.54) is 12.3 Å². The van der Waals surface area contributed by atoms with E-state index in [0.29, 0.717) is 25.2 Å². The quantitative estimate of drug-likeness (QED) is 0.730. The number of nitrogens with zero attached hydrogens (tertiary/aromatic N) is 2. The van der Waals surface area contributed by atoms with Crippen LogP contribution in [0.15, 0.2) is 17.1 Å². The van der Waals surface area contributed by atoms with E-state index < -0.39 is 6.04 Å². The molecule has 0 spiro atoms. The summed E-state index contributed by atoms with van der Waals surface area (Å²) in [5.74, 6) is 0.0679. The topological polar surface area (TPSA) is 78.3 Å². The van der Waals surface area contributed by atoms with Crippen molar-refractivity contribution in [3.63, 3.8) is 0 Å². The van der Waals surface area contributed by atoms with E-state index in [0.717, 1.165) is 4.68 Å². The van der Waals surface area contributed by atoms with Crippen molar-refractivity contribution in [2.45, 2.75) is 32.2 Å². The molecule has 0 saturated heterocycles. The number of aromatic nitrogens is 2. The number of hydrogen-bond acceptors (Lipinski definition) is 5. The smallest absolute Gasteiger partial charge is 0.271 e. The highest BCUT2D eigenvalue weighted by Gasteiger charge is 2.29. The molecule has 1 aromatic rings. The van der Waals surface area contributed by atoms with Gasteiger partial charge in [0.1, 0.15) is 17.6 Å². The lowest BCUT2D eigenvalue weighted by atomic mass is 9.93. The van der Waals surface area contributed by atoms with Gasteiger partial charge >= 0.3 is 0 Å². The molecular weight excluding hydrogens is 236 g/mol. The van der Waals surface area contributed by atoms with Crippen LogP contribution in [-0.2, 0) is 9.59 Å². The average Bonchev–Trinajstić information content (AvgIpc) is 2.31. The molecule has 1 aromatic heterocycles. The van der Waals surface area contributed by atoms with Gasteiger partial charge in [-0.2, -0.15) is 5.10 Å². The minimum absolute atomic E-state index is 0.0739. The second-order valence-corrected chi connectivity index (χ2v) is 4.14. The van der Waals surface area contributed by atoms with Crippen molar-refractivity contribution >= 4 is 11.6 Å². The Morgan fingerprint density at radius 2 is 2.22 bits per heavy atom. The first kappa shape index (κ1) is 12.5. The van der Waals surface area contributed by atoms with Crippen LogP contribution in [-0.4, -0.2) is 28.0 Å². The van der Waals surface area contributed by atoms with E-state index in [1.807, 2.05) is 6.92 Å². The molecule has 1 atom stereocenters. The molecule has 1 aliphatic carbocycles. The number of carbonyl (C=O) groups excluding carboxylic acids is 2. The lowest BCUT2D eigenvalue weighted by Gasteiger charge is -2.20. The summed E-state index contributed by atoms with van der Waals surface area (Å²) < 4.78 is 6.29. The largest absolute Gasteiger partial charge is 0.492 e. The van der Waals surface area contributed by atoms with Gasteiger partial charge in [-0.3, -0.25) is 14.4 Å². The number of ether oxygens (including phenoxy) is 1. The molecule has 1 unspecified atom stereocenters. The fourth-order valence-corrected chi connectivity index (χ4v) is 2.00. The summed E-state index contributed by atoms with van der Waals surface area (Å²) in [6, 6.07) is 0.686. The third kappa shape index (κ3) is 2.47. The van der Waals surface area contributed by atoms with E-state index in [9.17, 15) is 14.4 Å². The summed E-state index contributed by atoms with van der Waals surface area (Å²) in [5.41, 5.74) is -0.381. The molecule has 0 aliphatic heterocycles. The zero-order chi connectivity index (χ0) is 13.1. The van der Waals surface area contributed by atoms with Crippen LogP contribution in [0.25, 0.3) is 0 Å². The SMILES string of the molecule is CCOc1cnn(C2CCC(=O)CC2=O)c(=O)c1. The predicted molar refractivity (Wildman–Crippen MR) is 62.6 cm³/mol. The molecule has 18 heavy (non-hydrogen) atoms. The van der Waals surface area contributed by atoms with Crippen LogP contribution in [0.2, 0.25) is 0 Å². The molecular formula is C12H14N2O4. The maximum Gasteiger partial charge on any atom is 0.271 e. The summed E-state index contributed by atoms with van der Waals surface area (Å²) in [6.45, 7) is 2.25. The molecule has 1 aliphatic rings. The van der Waals surface area contributed by atoms with Crippen LogP contribution < -0.4 is 10.3 Å². The van der Waals surface area contributed by atoms with E-state index in [1.54, 1.807) is 0 Å². The molecule has 1 heterocycles. The fourth-order valence-electron chi connectivity index (χ4n) is 2.00. The second-order valence-electron chi connectivity index (χ2n) is 4.14. The first-order valence-corrected chi connectivity index (χ1v) is 5.88. The summed E-state index contributed by atoms with van der Waals surface area (Å²) in [5, 5.41) is 3.94. The van der Waals surface area contributed by atoms with E-state index >= 15 is 0 Å². The highest BCUT2D eigenvalue weighted by atomic mass is 16.5. The van der Waals surface area contributed by atoms with Gasteiger partial charge in [0, 0.05) is 12.5 Å². The normalized spacial score (nSPS) is 19.9. The van der Waals surface area contributed by atoms with Crippen molar-refractivity contribution in [3.8, 4) is 5.75 Å². The predicted octanol–water partition coefficient (Wildman–Crippen LogP) is 0.505. The minimum Gasteiger partial charge on any atom is -0.492 e. The molecule has 0 N–H and O–H groups in total. The Balaban J connectivity index is 2.26. The van der Waals surface area contributed by atoms with Crippen molar-refractivity contribution in [3.05, 3.63) is 22.6 Å². The third-order valence-corrected chi connectivity index (χ3v) is 2.85. The van der Waals surface area contributed by atoms with Gasteiger partial charge in [0.05, 0.1) is 19.2 Å². The molecule has 0 aromatic carbocycles. The van der Waals surface area contributed by atoms with Gasteiger partial charge in [-0.05, 0) is 13.3 Å². The maximum absolute atomic E-state index is 11.8. The summed E-state index contributed by atoms with van der Waals surface area (Å²) >= 11 is 0. The molecule has 0 amide bonds. The van der Waals surface area contributed by atoms with Crippen molar-refractivity contribution in [2.24, 2.45) is 0 Å². The third-order valence-electron chi connectivity index (χ3n) is 2.85. The summed E-state index contributed by atoms with van der Waals surface area (Å²) in [6.07, 6.45) is 1.97. The molecule has 0 bridgehead atoms. The van der Waals surface area contributed by atoms with Crippen molar-refractivity contribution < 1.29 is 14.3 Å². The zero-order valence-electron chi connectivity index (χ0n) is 10.1. The van der Waals surface area contributed by atoms with E-state index in [4.69, 9.17) is 4.74 Å². The molecule has 2 rings (SSSR count). The average molecular weight is 250 g/mol. The van der Waals surface area contributed by atoms with Crippen LogP contribution in [0.5, 0.6) is 5.75 Å². The first-order chi connectivity index (χ1) is 8.61. The Morgan fingerprint density at radius 3 is 2.83 bits per heavy atom. The van der Waals surface area contributed by atoms with E-state index in [2.05, 4.69) is 5.10 Å². The molecule has 6 nitrogen and oxygen atoms in total. The van der Waals surface area contributed by atoms with Crippen LogP contribution in [0.4, 0.5) is 0 Å². The minimum atomic E-state index is -0.620. The van der Waals surface area contributed by atoms with Crippen LogP contribution >= 0.6 is 0 Å². The molecule has 1 fully saturated rings. The van der Waals surface area contributed by atoms with Crippen LogP contribution in [0.1, 0.15) is 32.2 Å². The standard InChI is InChI=1S/C12H14N2O4/c1-2-18-9-6-12(17)14(13-7-9)10-4-3-8(15)5-11(10)16/h6-7,10H,2-5H2,1H3. The Hall–Kier alpha value is -1.98. The number of hydrogen-bond donors (Lipinski definition) is 0. The zero-order valence-corrected chi connectivity index (χ0v) is 10.1. The number of carbonyl (C=O) groups is 2. The Bertz CT molecular complexity index is 535. The highest BCUT2D eigenvalue weighted by molar-refractivity contribution is 6.03. The van der Waals surface area contributed by atoms with Crippen molar-refractivity contribution in [2.75, 3.05) is 6.61 Å². The highest BCUT2D eigenvalue weighted by Crippen LogP contribution is 2.21. The van der Waals surface area contributed by atoms with Gasteiger partial charge in [-0.25, -0.2) is 4.68 Å².